The van der Waals surface area contributed by atoms with Gasteiger partial charge in [-0.1, -0.05) is 0 Å². The van der Waals surface area contributed by atoms with E-state index in [0.717, 1.165) is 38.2 Å². The molecular weight excluding hydrogens is 324 g/mol. The number of thiazole rings is 1. The highest BCUT2D eigenvalue weighted by molar-refractivity contribution is 7.11. The summed E-state index contributed by atoms with van der Waals surface area (Å²) in [5.74, 6) is 1.51. The molecule has 128 valence electrons. The van der Waals surface area contributed by atoms with Gasteiger partial charge in [0.1, 0.15) is 5.82 Å². The molecule has 1 saturated heterocycles. The number of piperidine rings is 1. The predicted octanol–water partition coefficient (Wildman–Crippen LogP) is 2.48. The fraction of sp³-hybridized carbons (Fsp3) is 0.625. The number of hydrogen-bond donors (Lipinski definition) is 1. The Morgan fingerprint density at radius 3 is 2.92 bits per heavy atom. The molecule has 1 atom stereocenters. The van der Waals surface area contributed by atoms with Gasteiger partial charge in [-0.05, 0) is 39.0 Å². The van der Waals surface area contributed by atoms with Gasteiger partial charge in [-0.2, -0.15) is 4.98 Å². The summed E-state index contributed by atoms with van der Waals surface area (Å²) >= 11 is 1.85. The molecule has 2 aliphatic rings. The molecule has 3 heterocycles. The highest BCUT2D eigenvalue weighted by Gasteiger charge is 2.29. The average Bonchev–Trinajstić information content (AvgIpc) is 3.23. The van der Waals surface area contributed by atoms with Crippen LogP contribution < -0.4 is 5.32 Å². The van der Waals surface area contributed by atoms with Crippen LogP contribution in [0.3, 0.4) is 0 Å². The van der Waals surface area contributed by atoms with Gasteiger partial charge in [-0.3, -0.25) is 10.00 Å². The summed E-state index contributed by atoms with van der Waals surface area (Å²) in [5.41, 5.74) is 1.30. The molecule has 1 aliphatic carbocycles. The van der Waals surface area contributed by atoms with Gasteiger partial charge >= 0.3 is 6.03 Å². The maximum atomic E-state index is 12.5. The van der Waals surface area contributed by atoms with Gasteiger partial charge in [0, 0.05) is 30.9 Å². The van der Waals surface area contributed by atoms with Crippen LogP contribution in [0.15, 0.2) is 0 Å². The molecule has 2 aromatic rings. The van der Waals surface area contributed by atoms with Crippen molar-refractivity contribution in [1.82, 2.24) is 24.6 Å². The third-order valence-corrected chi connectivity index (χ3v) is 6.19. The highest BCUT2D eigenvalue weighted by Crippen LogP contribution is 2.35. The zero-order valence-electron chi connectivity index (χ0n) is 14.1. The number of fused-ring (bicyclic) bond motifs is 1. The quantitative estimate of drug-likeness (QED) is 0.906. The Kier molecular flexibility index (Phi) is 3.99. The SMILES string of the molecule is Cc1nc(NC(=O)N2CCCC(c3nc4c(s3)CCC4)C2)nn1C. The van der Waals surface area contributed by atoms with E-state index in [0.29, 0.717) is 11.9 Å². The Bertz CT molecular complexity index is 726. The second kappa shape index (κ2) is 6.16. The van der Waals surface area contributed by atoms with Crippen molar-refractivity contribution in [2.75, 3.05) is 18.4 Å². The topological polar surface area (TPSA) is 75.9 Å². The fourth-order valence-electron chi connectivity index (χ4n) is 3.44. The number of hydrogen-bond acceptors (Lipinski definition) is 5. The van der Waals surface area contributed by atoms with Gasteiger partial charge < -0.3 is 4.90 Å². The molecule has 4 rings (SSSR count). The molecule has 1 fully saturated rings. The van der Waals surface area contributed by atoms with Crippen molar-refractivity contribution in [2.45, 2.75) is 44.9 Å². The maximum Gasteiger partial charge on any atom is 0.324 e. The van der Waals surface area contributed by atoms with Crippen molar-refractivity contribution >= 4 is 23.3 Å². The molecule has 0 radical (unpaired) electrons. The number of nitrogens with one attached hydrogen (secondary N) is 1. The monoisotopic (exact) mass is 346 g/mol. The predicted molar refractivity (Wildman–Crippen MR) is 92.4 cm³/mol. The summed E-state index contributed by atoms with van der Waals surface area (Å²) in [6.07, 6.45) is 5.65. The summed E-state index contributed by atoms with van der Waals surface area (Å²) in [6.45, 7) is 3.37. The first-order chi connectivity index (χ1) is 11.6. The van der Waals surface area contributed by atoms with Crippen LogP contribution in [-0.4, -0.2) is 43.8 Å². The lowest BCUT2D eigenvalue weighted by Gasteiger charge is -2.31. The van der Waals surface area contributed by atoms with Crippen LogP contribution in [0.25, 0.3) is 0 Å². The first-order valence-corrected chi connectivity index (χ1v) is 9.34. The van der Waals surface area contributed by atoms with Crippen molar-refractivity contribution in [2.24, 2.45) is 7.05 Å². The number of nitrogens with zero attached hydrogens (tertiary/aromatic N) is 5. The van der Waals surface area contributed by atoms with Gasteiger partial charge in [-0.15, -0.1) is 16.4 Å². The van der Waals surface area contributed by atoms with Crippen LogP contribution in [0, 0.1) is 6.92 Å². The molecule has 0 aromatic carbocycles. The third kappa shape index (κ3) is 2.90. The Labute approximate surface area is 145 Å². The maximum absolute atomic E-state index is 12.5. The van der Waals surface area contributed by atoms with Crippen LogP contribution in [0.4, 0.5) is 10.7 Å². The first-order valence-electron chi connectivity index (χ1n) is 8.52. The number of amides is 2. The fourth-order valence-corrected chi connectivity index (χ4v) is 4.72. The standard InChI is InChI=1S/C16H22N6OS/c1-10-17-15(20-21(10)2)19-16(23)22-8-4-5-11(9-22)14-18-12-6-3-7-13(12)24-14/h11H,3-9H2,1-2H3,(H,19,20,23). The minimum atomic E-state index is -0.116. The lowest BCUT2D eigenvalue weighted by Crippen LogP contribution is -2.41. The Morgan fingerprint density at radius 2 is 2.17 bits per heavy atom. The summed E-state index contributed by atoms with van der Waals surface area (Å²) in [7, 11) is 1.82. The van der Waals surface area contributed by atoms with Crippen molar-refractivity contribution in [1.29, 1.82) is 0 Å². The minimum absolute atomic E-state index is 0.116. The number of carbonyl (C=O) groups is 1. The number of aromatic nitrogens is 4. The van der Waals surface area contributed by atoms with Crippen molar-refractivity contribution < 1.29 is 4.79 Å². The van der Waals surface area contributed by atoms with E-state index in [1.165, 1.54) is 28.4 Å². The zero-order valence-corrected chi connectivity index (χ0v) is 14.9. The van der Waals surface area contributed by atoms with E-state index in [1.54, 1.807) is 4.68 Å². The number of urea groups is 1. The summed E-state index contributed by atoms with van der Waals surface area (Å²) in [5, 5.41) is 8.22. The van der Waals surface area contributed by atoms with Gasteiger partial charge in [0.15, 0.2) is 0 Å². The molecule has 0 saturated carbocycles. The molecule has 0 spiro atoms. The molecule has 7 nitrogen and oxygen atoms in total. The minimum Gasteiger partial charge on any atom is -0.324 e. The van der Waals surface area contributed by atoms with E-state index >= 15 is 0 Å². The number of likely N-dealkylation sites (tertiary alicyclic amines) is 1. The van der Waals surface area contributed by atoms with E-state index in [-0.39, 0.29) is 6.03 Å². The molecule has 1 unspecified atom stereocenters. The van der Waals surface area contributed by atoms with Gasteiger partial charge in [0.25, 0.3) is 0 Å². The molecule has 8 heteroatoms. The lowest BCUT2D eigenvalue weighted by atomic mass is 9.99. The normalized spacial score (nSPS) is 20.2. The van der Waals surface area contributed by atoms with Crippen LogP contribution in [-0.2, 0) is 19.9 Å². The first kappa shape index (κ1) is 15.6. The zero-order chi connectivity index (χ0) is 16.7. The second-order valence-electron chi connectivity index (χ2n) is 6.60. The number of anilines is 1. The summed E-state index contributed by atoms with van der Waals surface area (Å²) in [4.78, 5) is 24.9. The van der Waals surface area contributed by atoms with Crippen molar-refractivity contribution in [3.8, 4) is 0 Å². The summed E-state index contributed by atoms with van der Waals surface area (Å²) in [6, 6.07) is -0.116. The van der Waals surface area contributed by atoms with Gasteiger partial charge in [-0.25, -0.2) is 9.78 Å². The third-order valence-electron chi connectivity index (χ3n) is 4.87. The van der Waals surface area contributed by atoms with Gasteiger partial charge in [0.05, 0.1) is 10.7 Å². The Balaban J connectivity index is 1.43. The van der Waals surface area contributed by atoms with E-state index in [1.807, 2.05) is 30.2 Å². The molecule has 1 N–H and O–H groups in total. The van der Waals surface area contributed by atoms with Crippen LogP contribution in [0.2, 0.25) is 0 Å². The lowest BCUT2D eigenvalue weighted by molar-refractivity contribution is 0.192. The molecule has 1 aliphatic heterocycles. The Morgan fingerprint density at radius 1 is 1.29 bits per heavy atom. The molecule has 2 aromatic heterocycles. The van der Waals surface area contributed by atoms with Crippen LogP contribution in [0.1, 0.15) is 46.6 Å². The molecule has 0 bridgehead atoms. The van der Waals surface area contributed by atoms with E-state index < -0.39 is 0 Å². The highest BCUT2D eigenvalue weighted by atomic mass is 32.1. The van der Waals surface area contributed by atoms with E-state index in [9.17, 15) is 4.79 Å². The average molecular weight is 346 g/mol. The van der Waals surface area contributed by atoms with Crippen LogP contribution >= 0.6 is 11.3 Å². The van der Waals surface area contributed by atoms with Gasteiger partial charge in [0.2, 0.25) is 5.95 Å². The number of carbonyl (C=O) groups excluding carboxylic acids is 1. The van der Waals surface area contributed by atoms with E-state index in [2.05, 4.69) is 15.4 Å². The Hall–Kier alpha value is -1.96. The molecule has 24 heavy (non-hydrogen) atoms. The largest absolute Gasteiger partial charge is 0.324 e. The molecular formula is C16H22N6OS. The van der Waals surface area contributed by atoms with E-state index in [4.69, 9.17) is 4.98 Å². The summed E-state index contributed by atoms with van der Waals surface area (Å²) < 4.78 is 1.66. The second-order valence-corrected chi connectivity index (χ2v) is 7.71. The van der Waals surface area contributed by atoms with Crippen molar-refractivity contribution in [3.05, 3.63) is 21.4 Å². The van der Waals surface area contributed by atoms with Crippen LogP contribution in [0.5, 0.6) is 0 Å². The number of rotatable bonds is 2. The number of aryl methyl sites for hydroxylation is 4. The van der Waals surface area contributed by atoms with Crippen molar-refractivity contribution in [3.63, 3.8) is 0 Å². The molecule has 2 amide bonds. The smallest absolute Gasteiger partial charge is 0.324 e.